The topological polar surface area (TPSA) is 163 Å². The summed E-state index contributed by atoms with van der Waals surface area (Å²) in [7, 11) is 1.25. The van der Waals surface area contributed by atoms with E-state index in [9.17, 15) is 19.5 Å². The number of amides is 2. The summed E-state index contributed by atoms with van der Waals surface area (Å²) in [6.45, 7) is 3.95. The standard InChI is InChI=1S/C22H24ClN7O5S2/c1-3-25-8-11-4-6-29(7-5-11)9-12-10-36-20-15(19(32)30(20)16(12)21(33)34)26-18(31)14(28-35-2)13-17(23)37-22(24)27-13/h4-7,15,20,25H,3,8-10H2,1-2H3,(H3-,24,26,27,31,33,34)/p+1/b28-14-/t15-,20-/m1/s1. The SMILES string of the molecule is CCNCc1cc[n+](CC2=C(C(=O)O)N3C(=O)[C@@H](NC(=O)/C(=N\OC)c4nc(N)sc4Cl)[C@H]3SC2)cc1. The van der Waals surface area contributed by atoms with Crippen molar-refractivity contribution < 1.29 is 28.9 Å². The maximum Gasteiger partial charge on any atom is 0.352 e. The molecule has 2 aliphatic heterocycles. The van der Waals surface area contributed by atoms with E-state index in [0.29, 0.717) is 17.9 Å². The van der Waals surface area contributed by atoms with Crippen molar-refractivity contribution in [1.29, 1.82) is 0 Å². The molecule has 0 spiro atoms. The molecule has 1 saturated heterocycles. The number of oxime groups is 1. The number of nitrogen functional groups attached to an aromatic ring is 1. The predicted molar refractivity (Wildman–Crippen MR) is 139 cm³/mol. The molecule has 0 radical (unpaired) electrons. The monoisotopic (exact) mass is 566 g/mol. The van der Waals surface area contributed by atoms with E-state index < -0.39 is 29.2 Å². The van der Waals surface area contributed by atoms with Crippen molar-refractivity contribution in [3.8, 4) is 0 Å². The molecule has 2 atom stereocenters. The Bertz CT molecular complexity index is 1280. The van der Waals surface area contributed by atoms with E-state index in [0.717, 1.165) is 30.0 Å². The Hall–Kier alpha value is -3.20. The van der Waals surface area contributed by atoms with Crippen molar-refractivity contribution in [3.05, 3.63) is 51.4 Å². The van der Waals surface area contributed by atoms with Gasteiger partial charge in [-0.1, -0.05) is 35.0 Å². The molecular weight excluding hydrogens is 542 g/mol. The highest BCUT2D eigenvalue weighted by Gasteiger charge is 2.54. The summed E-state index contributed by atoms with van der Waals surface area (Å²) in [4.78, 5) is 48.2. The number of aromatic nitrogens is 2. The number of rotatable bonds is 10. The van der Waals surface area contributed by atoms with Gasteiger partial charge in [-0.15, -0.1) is 11.8 Å². The molecule has 2 amide bonds. The summed E-state index contributed by atoms with van der Waals surface area (Å²) in [5.74, 6) is -2.10. The molecule has 1 fully saturated rings. The van der Waals surface area contributed by atoms with Gasteiger partial charge >= 0.3 is 5.97 Å². The Labute approximate surface area is 225 Å². The molecule has 0 unspecified atom stereocenters. The third kappa shape index (κ3) is 5.56. The van der Waals surface area contributed by atoms with Gasteiger partial charge in [0.2, 0.25) is 0 Å². The molecule has 37 heavy (non-hydrogen) atoms. The minimum absolute atomic E-state index is 0.0327. The van der Waals surface area contributed by atoms with Gasteiger partial charge in [-0.2, -0.15) is 0 Å². The molecule has 2 aliphatic rings. The van der Waals surface area contributed by atoms with Crippen LogP contribution in [0.5, 0.6) is 0 Å². The number of nitrogens with two attached hydrogens (primary N) is 1. The molecule has 4 heterocycles. The highest BCUT2D eigenvalue weighted by atomic mass is 35.5. The maximum absolute atomic E-state index is 13.0. The molecule has 5 N–H and O–H groups in total. The number of carboxylic acids is 1. The van der Waals surface area contributed by atoms with Gasteiger partial charge in [0.05, 0.1) is 0 Å². The first-order valence-corrected chi connectivity index (χ1v) is 13.4. The van der Waals surface area contributed by atoms with Gasteiger partial charge in [0.25, 0.3) is 11.8 Å². The number of nitrogens with one attached hydrogen (secondary N) is 2. The van der Waals surface area contributed by atoms with Gasteiger partial charge in [0.15, 0.2) is 29.8 Å². The number of thioether (sulfide) groups is 1. The van der Waals surface area contributed by atoms with Crippen LogP contribution in [0.25, 0.3) is 0 Å². The van der Waals surface area contributed by atoms with Gasteiger partial charge in [-0.3, -0.25) is 14.5 Å². The molecule has 2 aromatic heterocycles. The lowest BCUT2D eigenvalue weighted by Crippen LogP contribution is -2.71. The molecule has 0 saturated carbocycles. The number of carbonyl (C=O) groups excluding carboxylic acids is 2. The van der Waals surface area contributed by atoms with E-state index in [-0.39, 0.29) is 26.6 Å². The summed E-state index contributed by atoms with van der Waals surface area (Å²) >= 11 is 8.45. The summed E-state index contributed by atoms with van der Waals surface area (Å²) in [6, 6.07) is 2.97. The molecule has 0 aromatic carbocycles. The van der Waals surface area contributed by atoms with E-state index in [1.165, 1.54) is 23.8 Å². The van der Waals surface area contributed by atoms with Gasteiger partial charge in [0, 0.05) is 30.0 Å². The normalized spacial score (nSPS) is 19.4. The molecule has 4 rings (SSSR count). The highest BCUT2D eigenvalue weighted by Crippen LogP contribution is 2.40. The number of halogens is 1. The van der Waals surface area contributed by atoms with E-state index in [1.807, 2.05) is 36.0 Å². The molecule has 2 aromatic rings. The minimum atomic E-state index is -1.20. The van der Waals surface area contributed by atoms with Gasteiger partial charge in [-0.05, 0) is 12.1 Å². The smallest absolute Gasteiger partial charge is 0.352 e. The zero-order valence-corrected chi connectivity index (χ0v) is 22.3. The number of aliphatic carboxylic acids is 1. The Morgan fingerprint density at radius 2 is 2.14 bits per heavy atom. The van der Waals surface area contributed by atoms with E-state index >= 15 is 0 Å². The molecule has 196 valence electrons. The third-order valence-corrected chi connectivity index (χ3v) is 8.10. The quantitative estimate of drug-likeness (QED) is 0.139. The number of pyridine rings is 1. The first kappa shape index (κ1) is 26.9. The van der Waals surface area contributed by atoms with Crippen LogP contribution in [-0.4, -0.2) is 69.3 Å². The Morgan fingerprint density at radius 3 is 2.73 bits per heavy atom. The zero-order chi connectivity index (χ0) is 26.7. The average Bonchev–Trinajstić information content (AvgIpc) is 3.21. The van der Waals surface area contributed by atoms with Crippen LogP contribution < -0.4 is 20.9 Å². The lowest BCUT2D eigenvalue weighted by atomic mass is 10.0. The first-order valence-electron chi connectivity index (χ1n) is 11.2. The van der Waals surface area contributed by atoms with Crippen LogP contribution in [0.2, 0.25) is 4.34 Å². The lowest BCUT2D eigenvalue weighted by Gasteiger charge is -2.49. The average molecular weight is 567 g/mol. The third-order valence-electron chi connectivity index (χ3n) is 5.67. The number of fused-ring (bicyclic) bond motifs is 1. The number of hydrogen-bond donors (Lipinski definition) is 4. The van der Waals surface area contributed by atoms with Crippen LogP contribution in [0.3, 0.4) is 0 Å². The van der Waals surface area contributed by atoms with Crippen LogP contribution in [0, 0.1) is 0 Å². The highest BCUT2D eigenvalue weighted by molar-refractivity contribution is 8.00. The predicted octanol–water partition coefficient (Wildman–Crippen LogP) is 0.565. The maximum atomic E-state index is 13.0. The van der Waals surface area contributed by atoms with Crippen molar-refractivity contribution >= 4 is 63.3 Å². The largest absolute Gasteiger partial charge is 0.477 e. The number of hydrogen-bond acceptors (Lipinski definition) is 10. The summed E-state index contributed by atoms with van der Waals surface area (Å²) in [5.41, 5.74) is 7.10. The number of thiazole rings is 1. The number of nitrogens with zero attached hydrogens (tertiary/aromatic N) is 4. The van der Waals surface area contributed by atoms with Crippen LogP contribution in [-0.2, 0) is 32.3 Å². The second kappa shape index (κ2) is 11.5. The van der Waals surface area contributed by atoms with Crippen molar-refractivity contribution in [2.45, 2.75) is 31.4 Å². The van der Waals surface area contributed by atoms with E-state index in [4.69, 9.17) is 22.2 Å². The number of carboxylic acid groups (broad SMARTS) is 1. The van der Waals surface area contributed by atoms with Crippen molar-refractivity contribution in [1.82, 2.24) is 20.5 Å². The van der Waals surface area contributed by atoms with Crippen LogP contribution in [0.15, 0.2) is 41.0 Å². The lowest BCUT2D eigenvalue weighted by molar-refractivity contribution is -0.689. The fraction of sp³-hybridized carbons (Fsp3) is 0.364. The molecule has 12 nitrogen and oxygen atoms in total. The summed E-state index contributed by atoms with van der Waals surface area (Å²) in [5, 5.41) is 19.1. The molecule has 0 aliphatic carbocycles. The van der Waals surface area contributed by atoms with Crippen molar-refractivity contribution in [2.75, 3.05) is 25.1 Å². The Kier molecular flexibility index (Phi) is 8.32. The fourth-order valence-electron chi connectivity index (χ4n) is 3.96. The van der Waals surface area contributed by atoms with Crippen molar-refractivity contribution in [2.24, 2.45) is 5.16 Å². The molecule has 0 bridgehead atoms. The summed E-state index contributed by atoms with van der Waals surface area (Å²) < 4.78 is 2.01. The second-order valence-electron chi connectivity index (χ2n) is 8.07. The van der Waals surface area contributed by atoms with Crippen LogP contribution in [0.1, 0.15) is 18.2 Å². The zero-order valence-electron chi connectivity index (χ0n) is 19.9. The van der Waals surface area contributed by atoms with Crippen LogP contribution >= 0.6 is 34.7 Å². The first-order chi connectivity index (χ1) is 17.7. The van der Waals surface area contributed by atoms with Gasteiger partial charge in [0.1, 0.15) is 34.3 Å². The van der Waals surface area contributed by atoms with Crippen molar-refractivity contribution in [3.63, 3.8) is 0 Å². The number of anilines is 1. The van der Waals surface area contributed by atoms with E-state index in [1.54, 1.807) is 0 Å². The van der Waals surface area contributed by atoms with E-state index in [2.05, 4.69) is 20.8 Å². The van der Waals surface area contributed by atoms with Gasteiger partial charge in [-0.25, -0.2) is 14.3 Å². The fourth-order valence-corrected chi connectivity index (χ4v) is 6.23. The number of β-lactam (4-membered cyclic amide) rings is 1. The second-order valence-corrected chi connectivity index (χ2v) is 10.8. The number of carbonyl (C=O) groups is 3. The van der Waals surface area contributed by atoms with Gasteiger partial charge < -0.3 is 26.3 Å². The summed E-state index contributed by atoms with van der Waals surface area (Å²) in [6.07, 6.45) is 3.76. The molecule has 15 heteroatoms. The Balaban J connectivity index is 1.50. The Morgan fingerprint density at radius 1 is 1.41 bits per heavy atom. The van der Waals surface area contributed by atoms with Crippen LogP contribution in [0.4, 0.5) is 5.13 Å². The minimum Gasteiger partial charge on any atom is -0.477 e. The molecular formula is C22H25ClN7O5S2+.